The number of ether oxygens (including phenoxy) is 1. The first-order chi connectivity index (χ1) is 5.81. The van der Waals surface area contributed by atoms with Crippen LogP contribution in [0.1, 0.15) is 19.8 Å². The largest absolute Gasteiger partial charge is 0.450 e. The van der Waals surface area contributed by atoms with E-state index >= 15 is 0 Å². The van der Waals surface area contributed by atoms with Crippen molar-refractivity contribution in [2.75, 3.05) is 26.7 Å². The quantitative estimate of drug-likeness (QED) is 0.584. The summed E-state index contributed by atoms with van der Waals surface area (Å²) in [6.45, 7) is 4.57. The first-order valence-corrected chi connectivity index (χ1v) is 4.36. The van der Waals surface area contributed by atoms with Crippen molar-refractivity contribution in [1.29, 1.82) is 0 Å². The fraction of sp³-hybridized carbons (Fsp3) is 0.875. The molecule has 0 aliphatic heterocycles. The van der Waals surface area contributed by atoms with Crippen LogP contribution >= 0.6 is 0 Å². The SMILES string of the molecule is CCNCCCCOC(=O)NC. The minimum atomic E-state index is -0.349. The molecule has 0 saturated heterocycles. The lowest BCUT2D eigenvalue weighted by Gasteiger charge is -2.03. The standard InChI is InChI=1S/C8H18N2O2/c1-3-10-6-4-5-7-12-8(11)9-2/h10H,3-7H2,1-2H3,(H,9,11). The summed E-state index contributed by atoms with van der Waals surface area (Å²) in [4.78, 5) is 10.6. The molecular weight excluding hydrogens is 156 g/mol. The topological polar surface area (TPSA) is 50.4 Å². The molecule has 0 unspecified atom stereocenters. The first kappa shape index (κ1) is 11.2. The molecule has 0 atom stereocenters. The van der Waals surface area contributed by atoms with Crippen LogP contribution in [0.4, 0.5) is 4.79 Å². The van der Waals surface area contributed by atoms with Crippen molar-refractivity contribution in [2.45, 2.75) is 19.8 Å². The number of hydrogen-bond acceptors (Lipinski definition) is 3. The summed E-state index contributed by atoms with van der Waals surface area (Å²) >= 11 is 0. The fourth-order valence-electron chi connectivity index (χ4n) is 0.766. The average Bonchev–Trinajstić information content (AvgIpc) is 2.10. The Labute approximate surface area is 73.7 Å². The molecule has 0 radical (unpaired) electrons. The molecule has 0 aromatic carbocycles. The van der Waals surface area contributed by atoms with E-state index in [1.807, 2.05) is 0 Å². The third-order valence-corrected chi connectivity index (χ3v) is 1.44. The van der Waals surface area contributed by atoms with Crippen LogP contribution in [0, 0.1) is 0 Å². The molecule has 0 fully saturated rings. The summed E-state index contributed by atoms with van der Waals surface area (Å²) in [7, 11) is 1.56. The Hall–Kier alpha value is -0.770. The van der Waals surface area contributed by atoms with Crippen LogP contribution in [0.25, 0.3) is 0 Å². The minimum absolute atomic E-state index is 0.349. The maximum Gasteiger partial charge on any atom is 0.406 e. The van der Waals surface area contributed by atoms with Crippen LogP contribution in [0.15, 0.2) is 0 Å². The first-order valence-electron chi connectivity index (χ1n) is 4.36. The van der Waals surface area contributed by atoms with Crippen LogP contribution < -0.4 is 10.6 Å². The van der Waals surface area contributed by atoms with Gasteiger partial charge in [-0.2, -0.15) is 0 Å². The number of unbranched alkanes of at least 4 members (excludes halogenated alkanes) is 1. The summed E-state index contributed by atoms with van der Waals surface area (Å²) in [5.74, 6) is 0. The Morgan fingerprint density at radius 3 is 2.75 bits per heavy atom. The highest BCUT2D eigenvalue weighted by Crippen LogP contribution is 1.88. The van der Waals surface area contributed by atoms with Crippen molar-refractivity contribution in [3.8, 4) is 0 Å². The van der Waals surface area contributed by atoms with Gasteiger partial charge in [-0.25, -0.2) is 4.79 Å². The maximum absolute atomic E-state index is 10.6. The fourth-order valence-corrected chi connectivity index (χ4v) is 0.766. The highest BCUT2D eigenvalue weighted by atomic mass is 16.5. The predicted molar refractivity (Wildman–Crippen MR) is 48.2 cm³/mol. The molecule has 1 amide bonds. The Kier molecular flexibility index (Phi) is 7.79. The van der Waals surface area contributed by atoms with Gasteiger partial charge in [0.05, 0.1) is 6.61 Å². The van der Waals surface area contributed by atoms with Crippen molar-refractivity contribution < 1.29 is 9.53 Å². The van der Waals surface area contributed by atoms with E-state index in [2.05, 4.69) is 17.6 Å². The molecule has 2 N–H and O–H groups in total. The molecule has 0 saturated carbocycles. The van der Waals surface area contributed by atoms with Gasteiger partial charge in [0, 0.05) is 7.05 Å². The third-order valence-electron chi connectivity index (χ3n) is 1.44. The van der Waals surface area contributed by atoms with Gasteiger partial charge in [-0.05, 0) is 25.9 Å². The molecule has 0 spiro atoms. The van der Waals surface area contributed by atoms with E-state index in [0.29, 0.717) is 6.61 Å². The number of carbonyl (C=O) groups is 1. The Morgan fingerprint density at radius 1 is 1.42 bits per heavy atom. The molecular formula is C8H18N2O2. The van der Waals surface area contributed by atoms with Gasteiger partial charge in [-0.1, -0.05) is 6.92 Å². The Morgan fingerprint density at radius 2 is 2.17 bits per heavy atom. The summed E-state index contributed by atoms with van der Waals surface area (Å²) in [5, 5.41) is 5.58. The number of carbonyl (C=O) groups excluding carboxylic acids is 1. The van der Waals surface area contributed by atoms with E-state index in [-0.39, 0.29) is 6.09 Å². The van der Waals surface area contributed by atoms with Crippen LogP contribution in [-0.4, -0.2) is 32.8 Å². The molecule has 0 aliphatic rings. The van der Waals surface area contributed by atoms with E-state index in [1.165, 1.54) is 0 Å². The Bertz CT molecular complexity index is 118. The van der Waals surface area contributed by atoms with Crippen molar-refractivity contribution >= 4 is 6.09 Å². The van der Waals surface area contributed by atoms with Gasteiger partial charge in [0.25, 0.3) is 0 Å². The van der Waals surface area contributed by atoms with Crippen LogP contribution in [0.2, 0.25) is 0 Å². The van der Waals surface area contributed by atoms with Crippen molar-refractivity contribution in [2.24, 2.45) is 0 Å². The molecule has 72 valence electrons. The van der Waals surface area contributed by atoms with E-state index in [0.717, 1.165) is 25.9 Å². The highest BCUT2D eigenvalue weighted by molar-refractivity contribution is 5.66. The second-order valence-electron chi connectivity index (χ2n) is 2.45. The van der Waals surface area contributed by atoms with Gasteiger partial charge >= 0.3 is 6.09 Å². The van der Waals surface area contributed by atoms with E-state index in [1.54, 1.807) is 7.05 Å². The molecule has 4 nitrogen and oxygen atoms in total. The maximum atomic E-state index is 10.6. The highest BCUT2D eigenvalue weighted by Gasteiger charge is 1.95. The lowest BCUT2D eigenvalue weighted by atomic mass is 10.3. The molecule has 0 bridgehead atoms. The van der Waals surface area contributed by atoms with E-state index in [9.17, 15) is 4.79 Å². The van der Waals surface area contributed by atoms with Gasteiger partial charge < -0.3 is 15.4 Å². The molecule has 0 rings (SSSR count). The van der Waals surface area contributed by atoms with Gasteiger partial charge in [-0.3, -0.25) is 0 Å². The lowest BCUT2D eigenvalue weighted by Crippen LogP contribution is -2.20. The summed E-state index contributed by atoms with van der Waals surface area (Å²) in [5.41, 5.74) is 0. The number of amides is 1. The summed E-state index contributed by atoms with van der Waals surface area (Å²) in [6, 6.07) is 0. The zero-order chi connectivity index (χ0) is 9.23. The van der Waals surface area contributed by atoms with Crippen molar-refractivity contribution in [3.05, 3.63) is 0 Å². The zero-order valence-corrected chi connectivity index (χ0v) is 7.85. The molecule has 0 aromatic heterocycles. The average molecular weight is 174 g/mol. The smallest absolute Gasteiger partial charge is 0.406 e. The Balaban J connectivity index is 2.95. The third kappa shape index (κ3) is 7.34. The van der Waals surface area contributed by atoms with Gasteiger partial charge in [0.2, 0.25) is 0 Å². The zero-order valence-electron chi connectivity index (χ0n) is 7.85. The van der Waals surface area contributed by atoms with Crippen molar-refractivity contribution in [1.82, 2.24) is 10.6 Å². The van der Waals surface area contributed by atoms with Gasteiger partial charge in [0.15, 0.2) is 0 Å². The number of nitrogens with one attached hydrogen (secondary N) is 2. The summed E-state index contributed by atoms with van der Waals surface area (Å²) < 4.78 is 4.79. The predicted octanol–water partition coefficient (Wildman–Crippen LogP) is 0.732. The molecule has 0 heterocycles. The minimum Gasteiger partial charge on any atom is -0.450 e. The number of hydrogen-bond donors (Lipinski definition) is 2. The van der Waals surface area contributed by atoms with Crippen LogP contribution in [-0.2, 0) is 4.74 Å². The monoisotopic (exact) mass is 174 g/mol. The molecule has 12 heavy (non-hydrogen) atoms. The lowest BCUT2D eigenvalue weighted by molar-refractivity contribution is 0.146. The molecule has 0 aliphatic carbocycles. The van der Waals surface area contributed by atoms with Crippen molar-refractivity contribution in [3.63, 3.8) is 0 Å². The second-order valence-corrected chi connectivity index (χ2v) is 2.45. The van der Waals surface area contributed by atoms with Crippen LogP contribution in [0.5, 0.6) is 0 Å². The summed E-state index contributed by atoms with van der Waals surface area (Å²) in [6.07, 6.45) is 1.61. The second kappa shape index (κ2) is 8.33. The number of alkyl carbamates (subject to hydrolysis) is 1. The van der Waals surface area contributed by atoms with Gasteiger partial charge in [0.1, 0.15) is 0 Å². The molecule has 0 aromatic rings. The van der Waals surface area contributed by atoms with E-state index in [4.69, 9.17) is 4.74 Å². The molecule has 4 heteroatoms. The van der Waals surface area contributed by atoms with Gasteiger partial charge in [-0.15, -0.1) is 0 Å². The number of rotatable bonds is 6. The van der Waals surface area contributed by atoms with Crippen LogP contribution in [0.3, 0.4) is 0 Å². The van der Waals surface area contributed by atoms with E-state index < -0.39 is 0 Å². The normalized spacial score (nSPS) is 9.50.